The van der Waals surface area contributed by atoms with Gasteiger partial charge in [0.25, 0.3) is 0 Å². The summed E-state index contributed by atoms with van der Waals surface area (Å²) in [6, 6.07) is 6.41. The van der Waals surface area contributed by atoms with Crippen molar-refractivity contribution in [2.24, 2.45) is 0 Å². The summed E-state index contributed by atoms with van der Waals surface area (Å²) in [5.41, 5.74) is 0.839. The molecule has 0 aliphatic heterocycles. The van der Waals surface area contributed by atoms with E-state index in [2.05, 4.69) is 6.92 Å². The summed E-state index contributed by atoms with van der Waals surface area (Å²) in [6.07, 6.45) is 2.90. The van der Waals surface area contributed by atoms with Crippen LogP contribution in [0.25, 0.3) is 0 Å². The van der Waals surface area contributed by atoms with Gasteiger partial charge in [0.1, 0.15) is 5.82 Å². The molecule has 0 aromatic heterocycles. The Hall–Kier alpha value is -0.930. The third-order valence-corrected chi connectivity index (χ3v) is 2.79. The quantitative estimate of drug-likeness (QED) is 0.707. The van der Waals surface area contributed by atoms with Crippen LogP contribution in [0.4, 0.5) is 4.39 Å². The highest BCUT2D eigenvalue weighted by Crippen LogP contribution is 2.19. The lowest BCUT2D eigenvalue weighted by Gasteiger charge is -2.14. The first kappa shape index (κ1) is 14.1. The first-order valence-corrected chi connectivity index (χ1v) is 6.22. The minimum Gasteiger partial charge on any atom is -0.396 e. The van der Waals surface area contributed by atoms with Gasteiger partial charge in [-0.2, -0.15) is 0 Å². The van der Waals surface area contributed by atoms with Crippen LogP contribution in [0.15, 0.2) is 24.3 Å². The predicted molar refractivity (Wildman–Crippen MR) is 66.6 cm³/mol. The predicted octanol–water partition coefficient (Wildman–Crippen LogP) is 3.11. The number of ether oxygens (including phenoxy) is 1. The molecule has 0 amide bonds. The van der Waals surface area contributed by atoms with E-state index in [-0.39, 0.29) is 18.3 Å². The average molecular weight is 240 g/mol. The normalized spacial score (nSPS) is 12.6. The maximum atomic E-state index is 13.0. The summed E-state index contributed by atoms with van der Waals surface area (Å²) >= 11 is 0. The maximum absolute atomic E-state index is 13.0. The zero-order valence-electron chi connectivity index (χ0n) is 10.4. The largest absolute Gasteiger partial charge is 0.396 e. The van der Waals surface area contributed by atoms with Gasteiger partial charge in [-0.25, -0.2) is 4.39 Å². The van der Waals surface area contributed by atoms with Crippen molar-refractivity contribution in [1.29, 1.82) is 0 Å². The van der Waals surface area contributed by atoms with Gasteiger partial charge in [-0.3, -0.25) is 0 Å². The van der Waals surface area contributed by atoms with Crippen LogP contribution in [0.2, 0.25) is 0 Å². The van der Waals surface area contributed by atoms with Gasteiger partial charge in [0, 0.05) is 19.1 Å². The fourth-order valence-corrected chi connectivity index (χ4v) is 1.70. The zero-order valence-corrected chi connectivity index (χ0v) is 10.4. The molecule has 1 rings (SSSR count). The van der Waals surface area contributed by atoms with E-state index in [4.69, 9.17) is 4.74 Å². The van der Waals surface area contributed by atoms with E-state index in [9.17, 15) is 9.50 Å². The summed E-state index contributed by atoms with van der Waals surface area (Å²) in [6.45, 7) is 3.52. The van der Waals surface area contributed by atoms with Gasteiger partial charge in [0.15, 0.2) is 0 Å². The lowest BCUT2D eigenvalue weighted by atomic mass is 9.97. The first-order valence-electron chi connectivity index (χ1n) is 6.22. The van der Waals surface area contributed by atoms with Gasteiger partial charge < -0.3 is 9.84 Å². The first-order chi connectivity index (χ1) is 8.27. The Labute approximate surface area is 102 Å². The van der Waals surface area contributed by atoms with Gasteiger partial charge in [0.05, 0.1) is 6.61 Å². The second-order valence-corrected chi connectivity index (χ2v) is 4.19. The highest BCUT2D eigenvalue weighted by Gasteiger charge is 2.10. The van der Waals surface area contributed by atoms with E-state index < -0.39 is 0 Å². The molecule has 1 unspecified atom stereocenters. The van der Waals surface area contributed by atoms with Crippen LogP contribution in [-0.4, -0.2) is 24.9 Å². The number of hydrogen-bond donors (Lipinski definition) is 1. The zero-order chi connectivity index (χ0) is 12.5. The summed E-state index contributed by atoms with van der Waals surface area (Å²) in [5, 5.41) is 9.30. The highest BCUT2D eigenvalue weighted by molar-refractivity contribution is 5.20. The SMILES string of the molecule is CCCCOCCC(CO)c1cccc(F)c1. The maximum Gasteiger partial charge on any atom is 0.123 e. The van der Waals surface area contributed by atoms with Crippen molar-refractivity contribution in [3.05, 3.63) is 35.6 Å². The Bertz CT molecular complexity index is 315. The Kier molecular flexibility index (Phi) is 6.82. The molecule has 2 nitrogen and oxygen atoms in total. The van der Waals surface area contributed by atoms with Crippen molar-refractivity contribution < 1.29 is 14.2 Å². The van der Waals surface area contributed by atoms with Crippen LogP contribution < -0.4 is 0 Å². The number of hydrogen-bond acceptors (Lipinski definition) is 2. The van der Waals surface area contributed by atoms with E-state index in [1.54, 1.807) is 6.07 Å². The molecule has 0 saturated carbocycles. The molecule has 3 heteroatoms. The Morgan fingerprint density at radius 3 is 2.82 bits per heavy atom. The number of aliphatic hydroxyl groups is 1. The summed E-state index contributed by atoms with van der Waals surface area (Å²) in [4.78, 5) is 0. The molecule has 17 heavy (non-hydrogen) atoms. The molecule has 0 heterocycles. The summed E-state index contributed by atoms with van der Waals surface area (Å²) < 4.78 is 18.5. The van der Waals surface area contributed by atoms with Crippen LogP contribution in [0, 0.1) is 5.82 Å². The molecule has 96 valence electrons. The highest BCUT2D eigenvalue weighted by atomic mass is 19.1. The number of unbranched alkanes of at least 4 members (excludes halogenated alkanes) is 1. The molecule has 0 saturated heterocycles. The minimum atomic E-state index is -0.257. The molecule has 0 spiro atoms. The molecular weight excluding hydrogens is 219 g/mol. The summed E-state index contributed by atoms with van der Waals surface area (Å²) in [7, 11) is 0. The lowest BCUT2D eigenvalue weighted by Crippen LogP contribution is -2.09. The van der Waals surface area contributed by atoms with E-state index in [0.29, 0.717) is 6.61 Å². The number of aliphatic hydroxyl groups excluding tert-OH is 1. The topological polar surface area (TPSA) is 29.5 Å². The number of halogens is 1. The van der Waals surface area contributed by atoms with E-state index >= 15 is 0 Å². The number of benzene rings is 1. The molecule has 0 radical (unpaired) electrons. The standard InChI is InChI=1S/C14H21FO2/c1-2-3-8-17-9-7-13(11-16)12-5-4-6-14(15)10-12/h4-6,10,13,16H,2-3,7-9,11H2,1H3. The molecule has 1 aromatic rings. The van der Waals surface area contributed by atoms with E-state index in [0.717, 1.165) is 31.4 Å². The molecule has 1 N–H and O–H groups in total. The lowest BCUT2D eigenvalue weighted by molar-refractivity contribution is 0.116. The van der Waals surface area contributed by atoms with Crippen LogP contribution in [0.1, 0.15) is 37.7 Å². The van der Waals surface area contributed by atoms with Gasteiger partial charge in [-0.15, -0.1) is 0 Å². The van der Waals surface area contributed by atoms with Crippen molar-refractivity contribution in [3.8, 4) is 0 Å². The van der Waals surface area contributed by atoms with Crippen LogP contribution in [-0.2, 0) is 4.74 Å². The molecule has 0 aliphatic rings. The minimum absolute atomic E-state index is 0.0284. The van der Waals surface area contributed by atoms with Crippen molar-refractivity contribution in [3.63, 3.8) is 0 Å². The molecule has 1 aromatic carbocycles. The average Bonchev–Trinajstić information content (AvgIpc) is 2.34. The van der Waals surface area contributed by atoms with Gasteiger partial charge in [-0.1, -0.05) is 25.5 Å². The Balaban J connectivity index is 2.38. The molecule has 0 bridgehead atoms. The van der Waals surface area contributed by atoms with Crippen molar-refractivity contribution in [1.82, 2.24) is 0 Å². The second kappa shape index (κ2) is 8.20. The van der Waals surface area contributed by atoms with Crippen molar-refractivity contribution >= 4 is 0 Å². The van der Waals surface area contributed by atoms with Crippen LogP contribution in [0.5, 0.6) is 0 Å². The van der Waals surface area contributed by atoms with Gasteiger partial charge >= 0.3 is 0 Å². The Morgan fingerprint density at radius 2 is 2.18 bits per heavy atom. The number of rotatable bonds is 8. The van der Waals surface area contributed by atoms with E-state index in [1.165, 1.54) is 12.1 Å². The third-order valence-electron chi connectivity index (χ3n) is 2.79. The molecular formula is C14H21FO2. The second-order valence-electron chi connectivity index (χ2n) is 4.19. The Morgan fingerprint density at radius 1 is 1.35 bits per heavy atom. The fourth-order valence-electron chi connectivity index (χ4n) is 1.70. The van der Waals surface area contributed by atoms with Gasteiger partial charge in [-0.05, 0) is 30.5 Å². The molecule has 1 atom stereocenters. The fraction of sp³-hybridized carbons (Fsp3) is 0.571. The van der Waals surface area contributed by atoms with Crippen molar-refractivity contribution in [2.75, 3.05) is 19.8 Å². The van der Waals surface area contributed by atoms with Crippen LogP contribution >= 0.6 is 0 Å². The third kappa shape index (κ3) is 5.29. The van der Waals surface area contributed by atoms with Crippen LogP contribution in [0.3, 0.4) is 0 Å². The monoisotopic (exact) mass is 240 g/mol. The van der Waals surface area contributed by atoms with Gasteiger partial charge in [0.2, 0.25) is 0 Å². The van der Waals surface area contributed by atoms with E-state index in [1.807, 2.05) is 6.07 Å². The smallest absolute Gasteiger partial charge is 0.123 e. The molecule has 0 fully saturated rings. The van der Waals surface area contributed by atoms with Crippen molar-refractivity contribution in [2.45, 2.75) is 32.1 Å². The molecule has 0 aliphatic carbocycles. The summed E-state index contributed by atoms with van der Waals surface area (Å²) in [5.74, 6) is -0.292.